The minimum Gasteiger partial charge on any atom is -0.432 e. The largest absolute Gasteiger partial charge is 0.432 e. The lowest BCUT2D eigenvalue weighted by atomic mass is 9.97. The smallest absolute Gasteiger partial charge is 0.387 e. The number of aryl methyl sites for hydroxylation is 5. The van der Waals surface area contributed by atoms with Crippen LogP contribution >= 0.6 is 0 Å². The average Bonchev–Trinajstić information content (AvgIpc) is 2.84. The van der Waals surface area contributed by atoms with Crippen molar-refractivity contribution in [2.24, 2.45) is 0 Å². The lowest BCUT2D eigenvalue weighted by Gasteiger charge is -2.10. The van der Waals surface area contributed by atoms with Gasteiger partial charge in [-0.1, -0.05) is 49.4 Å². The molecule has 3 aromatic carbocycles. The number of nitrogens with zero attached hydrogens (tertiary/aromatic N) is 1. The zero-order valence-electron chi connectivity index (χ0n) is 18.8. The summed E-state index contributed by atoms with van der Waals surface area (Å²) in [6.07, 6.45) is 5.23. The van der Waals surface area contributed by atoms with Crippen molar-refractivity contribution in [3.63, 3.8) is 0 Å². The Kier molecular flexibility index (Phi) is 7.46. The molecule has 0 aliphatic heterocycles. The SMILES string of the molecule is CCc1ccc(CCc2ccc3c(F)c(CCc4ccc(OC(F)F)c(F)c4)ccc3c2)nc1. The van der Waals surface area contributed by atoms with Crippen molar-refractivity contribution in [2.75, 3.05) is 0 Å². The van der Waals surface area contributed by atoms with E-state index < -0.39 is 18.2 Å². The first-order chi connectivity index (χ1) is 16.4. The molecule has 0 saturated heterocycles. The second-order valence-corrected chi connectivity index (χ2v) is 8.25. The van der Waals surface area contributed by atoms with Crippen LogP contribution in [0.4, 0.5) is 17.6 Å². The van der Waals surface area contributed by atoms with E-state index in [2.05, 4.69) is 28.8 Å². The lowest BCUT2D eigenvalue weighted by Crippen LogP contribution is -2.04. The van der Waals surface area contributed by atoms with Crippen LogP contribution in [0.1, 0.15) is 34.9 Å². The van der Waals surface area contributed by atoms with E-state index in [0.717, 1.165) is 42.0 Å². The summed E-state index contributed by atoms with van der Waals surface area (Å²) in [6.45, 7) is -0.988. The molecule has 0 aliphatic rings. The zero-order valence-corrected chi connectivity index (χ0v) is 18.8. The summed E-state index contributed by atoms with van der Waals surface area (Å²) in [6, 6.07) is 17.4. The Hall–Kier alpha value is -3.41. The molecule has 2 nitrogen and oxygen atoms in total. The molecule has 0 unspecified atom stereocenters. The van der Waals surface area contributed by atoms with Crippen molar-refractivity contribution < 1.29 is 22.3 Å². The van der Waals surface area contributed by atoms with E-state index in [1.807, 2.05) is 24.4 Å². The van der Waals surface area contributed by atoms with Crippen molar-refractivity contribution >= 4 is 10.8 Å². The molecule has 4 rings (SSSR count). The summed E-state index contributed by atoms with van der Waals surface area (Å²) in [5.74, 6) is -1.65. The van der Waals surface area contributed by atoms with Gasteiger partial charge in [0, 0.05) is 17.3 Å². The number of pyridine rings is 1. The van der Waals surface area contributed by atoms with E-state index in [0.29, 0.717) is 29.4 Å². The summed E-state index contributed by atoms with van der Waals surface area (Å²) in [5, 5.41) is 1.37. The van der Waals surface area contributed by atoms with Crippen molar-refractivity contribution in [2.45, 2.75) is 45.6 Å². The fraction of sp³-hybridized carbons (Fsp3) is 0.250. The Bertz CT molecular complexity index is 1270. The Morgan fingerprint density at radius 3 is 2.24 bits per heavy atom. The van der Waals surface area contributed by atoms with E-state index in [-0.39, 0.29) is 5.82 Å². The van der Waals surface area contributed by atoms with E-state index in [1.165, 1.54) is 17.7 Å². The molecule has 0 spiro atoms. The minimum absolute atomic E-state index is 0.293. The Morgan fingerprint density at radius 1 is 0.794 bits per heavy atom. The van der Waals surface area contributed by atoms with Crippen molar-refractivity contribution in [3.05, 3.63) is 106 Å². The molecule has 0 aliphatic carbocycles. The minimum atomic E-state index is -3.09. The standard InChI is InChI=1S/C28H25F4NO/c1-2-18-4-11-23(33-17-18)12-5-19-6-13-24-22(15-19)10-9-21(27(24)30)8-3-20-7-14-26(25(29)16-20)34-28(31)32/h4,6-7,9-11,13-17,28H,2-3,5,8,12H2,1H3. The third kappa shape index (κ3) is 5.74. The van der Waals surface area contributed by atoms with Gasteiger partial charge in [0.05, 0.1) is 0 Å². The molecule has 0 atom stereocenters. The zero-order chi connectivity index (χ0) is 24.1. The van der Waals surface area contributed by atoms with Crippen LogP contribution in [0.3, 0.4) is 0 Å². The molecule has 0 fully saturated rings. The van der Waals surface area contributed by atoms with Crippen LogP contribution in [0.2, 0.25) is 0 Å². The number of fused-ring (bicyclic) bond motifs is 1. The van der Waals surface area contributed by atoms with Gasteiger partial charge in [-0.15, -0.1) is 0 Å². The fourth-order valence-electron chi connectivity index (χ4n) is 3.99. The van der Waals surface area contributed by atoms with Gasteiger partial charge < -0.3 is 4.74 Å². The Morgan fingerprint density at radius 2 is 1.53 bits per heavy atom. The second-order valence-electron chi connectivity index (χ2n) is 8.25. The van der Waals surface area contributed by atoms with Crippen molar-refractivity contribution in [1.29, 1.82) is 0 Å². The molecule has 4 aromatic rings. The van der Waals surface area contributed by atoms with Gasteiger partial charge in [0.25, 0.3) is 0 Å². The summed E-state index contributed by atoms with van der Waals surface area (Å²) in [5.41, 5.74) is 4.46. The van der Waals surface area contributed by atoms with Gasteiger partial charge in [-0.2, -0.15) is 8.78 Å². The molecule has 1 heterocycles. The molecule has 0 radical (unpaired) electrons. The number of ether oxygens (including phenoxy) is 1. The van der Waals surface area contributed by atoms with Crippen LogP contribution in [-0.4, -0.2) is 11.6 Å². The Balaban J connectivity index is 1.42. The van der Waals surface area contributed by atoms with Crippen molar-refractivity contribution in [3.8, 4) is 5.75 Å². The van der Waals surface area contributed by atoms with E-state index in [1.54, 1.807) is 12.1 Å². The third-order valence-electron chi connectivity index (χ3n) is 5.96. The van der Waals surface area contributed by atoms with E-state index >= 15 is 4.39 Å². The van der Waals surface area contributed by atoms with E-state index in [4.69, 9.17) is 0 Å². The first-order valence-electron chi connectivity index (χ1n) is 11.3. The average molecular weight is 468 g/mol. The number of aromatic nitrogens is 1. The molecule has 176 valence electrons. The number of benzene rings is 3. The highest BCUT2D eigenvalue weighted by Crippen LogP contribution is 2.25. The number of hydrogen-bond donors (Lipinski definition) is 0. The molecule has 34 heavy (non-hydrogen) atoms. The number of alkyl halides is 2. The maximum atomic E-state index is 15.1. The maximum Gasteiger partial charge on any atom is 0.387 e. The van der Waals surface area contributed by atoms with Crippen LogP contribution in [0.15, 0.2) is 66.9 Å². The lowest BCUT2D eigenvalue weighted by molar-refractivity contribution is -0.0522. The topological polar surface area (TPSA) is 22.1 Å². The highest BCUT2D eigenvalue weighted by Gasteiger charge is 2.12. The number of rotatable bonds is 9. The predicted molar refractivity (Wildman–Crippen MR) is 125 cm³/mol. The van der Waals surface area contributed by atoms with Gasteiger partial charge in [-0.05, 0) is 77.9 Å². The summed E-state index contributed by atoms with van der Waals surface area (Å²) < 4.78 is 57.7. The molecule has 0 amide bonds. The molecule has 6 heteroatoms. The van der Waals surface area contributed by atoms with Crippen LogP contribution in [0.25, 0.3) is 10.8 Å². The van der Waals surface area contributed by atoms with Crippen LogP contribution in [-0.2, 0) is 32.1 Å². The molecule has 1 aromatic heterocycles. The fourth-order valence-corrected chi connectivity index (χ4v) is 3.99. The van der Waals surface area contributed by atoms with Gasteiger partial charge in [0.1, 0.15) is 5.82 Å². The van der Waals surface area contributed by atoms with Gasteiger partial charge >= 0.3 is 6.61 Å². The normalized spacial score (nSPS) is 11.4. The first-order valence-corrected chi connectivity index (χ1v) is 11.3. The summed E-state index contributed by atoms with van der Waals surface area (Å²) in [4.78, 5) is 4.50. The van der Waals surface area contributed by atoms with Crippen LogP contribution in [0, 0.1) is 11.6 Å². The molecule has 0 bridgehead atoms. The quantitative estimate of drug-likeness (QED) is 0.242. The second kappa shape index (κ2) is 10.7. The highest BCUT2D eigenvalue weighted by atomic mass is 19.3. The highest BCUT2D eigenvalue weighted by molar-refractivity contribution is 5.84. The number of halogens is 4. The predicted octanol–water partition coefficient (Wildman–Crippen LogP) is 7.25. The molecule has 0 N–H and O–H groups in total. The van der Waals surface area contributed by atoms with E-state index in [9.17, 15) is 13.2 Å². The van der Waals surface area contributed by atoms with Crippen molar-refractivity contribution in [1.82, 2.24) is 4.98 Å². The van der Waals surface area contributed by atoms with Gasteiger partial charge in [-0.25, -0.2) is 8.78 Å². The maximum absolute atomic E-state index is 15.1. The molecule has 0 saturated carbocycles. The first kappa shape index (κ1) is 23.7. The third-order valence-corrected chi connectivity index (χ3v) is 5.96. The van der Waals surface area contributed by atoms with Gasteiger partial charge in [-0.3, -0.25) is 4.98 Å². The van der Waals surface area contributed by atoms with Gasteiger partial charge in [0.2, 0.25) is 0 Å². The number of hydrogen-bond acceptors (Lipinski definition) is 2. The van der Waals surface area contributed by atoms with Crippen LogP contribution in [0.5, 0.6) is 5.75 Å². The summed E-state index contributed by atoms with van der Waals surface area (Å²) in [7, 11) is 0. The Labute approximate surface area is 196 Å². The summed E-state index contributed by atoms with van der Waals surface area (Å²) >= 11 is 0. The van der Waals surface area contributed by atoms with Gasteiger partial charge in [0.15, 0.2) is 11.6 Å². The van der Waals surface area contributed by atoms with Crippen LogP contribution < -0.4 is 4.74 Å². The monoisotopic (exact) mass is 467 g/mol. The molecular weight excluding hydrogens is 442 g/mol. The molecular formula is C28H25F4NO.